The summed E-state index contributed by atoms with van der Waals surface area (Å²) in [5.41, 5.74) is 6.49. The number of carbonyl (C=O) groups is 2. The van der Waals surface area contributed by atoms with Crippen molar-refractivity contribution < 1.29 is 14.7 Å². The van der Waals surface area contributed by atoms with E-state index < -0.39 is 12.0 Å². The molecule has 2 amide bonds. The van der Waals surface area contributed by atoms with Crippen molar-refractivity contribution in [2.45, 2.75) is 25.9 Å². The number of anilines is 1. The van der Waals surface area contributed by atoms with Crippen LogP contribution in [0.15, 0.2) is 12.4 Å². The number of hydrogen-bond donors (Lipinski definition) is 3. The van der Waals surface area contributed by atoms with Crippen molar-refractivity contribution in [2.24, 2.45) is 5.73 Å². The van der Waals surface area contributed by atoms with Gasteiger partial charge < -0.3 is 21.1 Å². The second-order valence-electron chi connectivity index (χ2n) is 5.46. The molecule has 0 radical (unpaired) electrons. The Morgan fingerprint density at radius 2 is 2.26 bits per heavy atom. The van der Waals surface area contributed by atoms with E-state index >= 15 is 0 Å². The van der Waals surface area contributed by atoms with Crippen molar-refractivity contribution in [1.82, 2.24) is 19.7 Å². The van der Waals surface area contributed by atoms with E-state index in [-0.39, 0.29) is 11.6 Å². The number of fused-ring (bicyclic) bond motifs is 1. The van der Waals surface area contributed by atoms with Crippen LogP contribution in [-0.2, 0) is 6.54 Å². The second kappa shape index (κ2) is 5.75. The lowest BCUT2D eigenvalue weighted by Gasteiger charge is -2.17. The number of carbonyl (C=O) groups excluding carboxylic acids is 1. The number of nitrogens with one attached hydrogen (secondary N) is 1. The molecule has 3 rings (SSSR count). The Balaban J connectivity index is 1.98. The molecule has 1 aliphatic rings. The molecule has 1 atom stereocenters. The van der Waals surface area contributed by atoms with Crippen LogP contribution < -0.4 is 11.1 Å². The van der Waals surface area contributed by atoms with E-state index in [0.29, 0.717) is 42.8 Å². The van der Waals surface area contributed by atoms with E-state index in [0.717, 1.165) is 0 Å². The van der Waals surface area contributed by atoms with Crippen LogP contribution in [0.2, 0.25) is 0 Å². The number of likely N-dealkylation sites (tertiary alicyclic amines) is 1. The molecule has 2 aromatic heterocycles. The first-order valence-corrected chi connectivity index (χ1v) is 7.40. The van der Waals surface area contributed by atoms with Crippen molar-refractivity contribution in [3.05, 3.63) is 18.0 Å². The van der Waals surface area contributed by atoms with Gasteiger partial charge in [0, 0.05) is 31.9 Å². The third kappa shape index (κ3) is 2.65. The molecule has 2 aromatic rings. The van der Waals surface area contributed by atoms with Crippen molar-refractivity contribution in [1.29, 1.82) is 0 Å². The number of aromatic carboxylic acids is 1. The largest absolute Gasteiger partial charge is 0.478 e. The first kappa shape index (κ1) is 15.1. The average molecular weight is 318 g/mol. The first-order valence-electron chi connectivity index (χ1n) is 7.40. The maximum Gasteiger partial charge on any atom is 0.339 e. The molecule has 122 valence electrons. The van der Waals surface area contributed by atoms with E-state index in [9.17, 15) is 14.7 Å². The third-order valence-electron chi connectivity index (χ3n) is 4.04. The summed E-state index contributed by atoms with van der Waals surface area (Å²) in [7, 11) is 0. The number of rotatable bonds is 4. The zero-order valence-electron chi connectivity index (χ0n) is 12.7. The summed E-state index contributed by atoms with van der Waals surface area (Å²) in [6.45, 7) is 3.58. The van der Waals surface area contributed by atoms with Crippen molar-refractivity contribution in [2.75, 3.05) is 18.4 Å². The summed E-state index contributed by atoms with van der Waals surface area (Å²) >= 11 is 0. The number of primary amides is 1. The van der Waals surface area contributed by atoms with Crippen molar-refractivity contribution in [3.63, 3.8) is 0 Å². The minimum atomic E-state index is -1.06. The molecule has 4 N–H and O–H groups in total. The topological polar surface area (TPSA) is 126 Å². The van der Waals surface area contributed by atoms with Crippen LogP contribution >= 0.6 is 0 Å². The van der Waals surface area contributed by atoms with Gasteiger partial charge in [-0.2, -0.15) is 5.10 Å². The molecular weight excluding hydrogens is 300 g/mol. The van der Waals surface area contributed by atoms with Crippen LogP contribution in [0.5, 0.6) is 0 Å². The van der Waals surface area contributed by atoms with E-state index in [1.54, 1.807) is 10.9 Å². The predicted octanol–water partition coefficient (Wildman–Crippen LogP) is 0.714. The normalized spacial score (nSPS) is 17.6. The summed E-state index contributed by atoms with van der Waals surface area (Å²) in [4.78, 5) is 28.5. The highest BCUT2D eigenvalue weighted by Gasteiger charge is 2.27. The van der Waals surface area contributed by atoms with Crippen LogP contribution in [0, 0.1) is 0 Å². The lowest BCUT2D eigenvalue weighted by atomic mass is 10.1. The van der Waals surface area contributed by atoms with Gasteiger partial charge in [-0.15, -0.1) is 0 Å². The number of amides is 2. The smallest absolute Gasteiger partial charge is 0.339 e. The summed E-state index contributed by atoms with van der Waals surface area (Å²) < 4.78 is 1.70. The maximum atomic E-state index is 11.5. The minimum Gasteiger partial charge on any atom is -0.478 e. The molecule has 1 unspecified atom stereocenters. The standard InChI is InChI=1S/C14H18N6O3/c1-2-20-12-9(6-17-20)11(10(5-16-12)13(21)22)18-8-3-4-19(7-8)14(15)23/h5-6,8H,2-4,7H2,1H3,(H2,15,23)(H,16,18)(H,21,22). The quantitative estimate of drug-likeness (QED) is 0.762. The van der Waals surface area contributed by atoms with Gasteiger partial charge >= 0.3 is 12.0 Å². The van der Waals surface area contributed by atoms with Gasteiger partial charge in [0.15, 0.2) is 5.65 Å². The minimum absolute atomic E-state index is 0.0591. The number of carboxylic acids is 1. The Kier molecular flexibility index (Phi) is 3.77. The van der Waals surface area contributed by atoms with E-state index in [4.69, 9.17) is 5.73 Å². The average Bonchev–Trinajstić information content (AvgIpc) is 3.13. The lowest BCUT2D eigenvalue weighted by Crippen LogP contribution is -2.35. The van der Waals surface area contributed by atoms with Crippen LogP contribution in [-0.4, -0.2) is 55.9 Å². The Labute approximate surface area is 132 Å². The molecule has 3 heterocycles. The summed E-state index contributed by atoms with van der Waals surface area (Å²) in [6.07, 6.45) is 3.65. The van der Waals surface area contributed by atoms with Gasteiger partial charge in [0.1, 0.15) is 5.56 Å². The fourth-order valence-electron chi connectivity index (χ4n) is 2.86. The van der Waals surface area contributed by atoms with Gasteiger partial charge in [-0.3, -0.25) is 0 Å². The second-order valence-corrected chi connectivity index (χ2v) is 5.46. The first-order chi connectivity index (χ1) is 11.0. The molecular formula is C14H18N6O3. The van der Waals surface area contributed by atoms with Gasteiger partial charge in [0.2, 0.25) is 0 Å². The number of urea groups is 1. The number of nitrogens with zero attached hydrogens (tertiary/aromatic N) is 4. The zero-order valence-corrected chi connectivity index (χ0v) is 12.7. The molecule has 0 aliphatic carbocycles. The van der Waals surface area contributed by atoms with Crippen LogP contribution in [0.3, 0.4) is 0 Å². The molecule has 9 heteroatoms. The predicted molar refractivity (Wildman–Crippen MR) is 83.3 cm³/mol. The fourth-order valence-corrected chi connectivity index (χ4v) is 2.86. The molecule has 1 fully saturated rings. The molecule has 0 spiro atoms. The number of aryl methyl sites for hydroxylation is 1. The van der Waals surface area contributed by atoms with Crippen LogP contribution in [0.25, 0.3) is 11.0 Å². The highest BCUT2D eigenvalue weighted by molar-refractivity contribution is 6.03. The third-order valence-corrected chi connectivity index (χ3v) is 4.04. The molecule has 23 heavy (non-hydrogen) atoms. The van der Waals surface area contributed by atoms with E-state index in [2.05, 4.69) is 15.4 Å². The Hall–Kier alpha value is -2.84. The molecule has 0 bridgehead atoms. The summed E-state index contributed by atoms with van der Waals surface area (Å²) in [6, 6.07) is -0.525. The summed E-state index contributed by atoms with van der Waals surface area (Å²) in [5.74, 6) is -1.06. The molecule has 9 nitrogen and oxygen atoms in total. The van der Waals surface area contributed by atoms with Gasteiger partial charge in [-0.05, 0) is 13.3 Å². The van der Waals surface area contributed by atoms with Crippen LogP contribution in [0.4, 0.5) is 10.5 Å². The lowest BCUT2D eigenvalue weighted by molar-refractivity contribution is 0.0697. The molecule has 1 aliphatic heterocycles. The highest BCUT2D eigenvalue weighted by Crippen LogP contribution is 2.28. The Morgan fingerprint density at radius 3 is 2.87 bits per heavy atom. The molecule has 1 saturated heterocycles. The van der Waals surface area contributed by atoms with Crippen molar-refractivity contribution >= 4 is 28.7 Å². The number of pyridine rings is 1. The molecule has 0 saturated carbocycles. The fraction of sp³-hybridized carbons (Fsp3) is 0.429. The monoisotopic (exact) mass is 318 g/mol. The summed E-state index contributed by atoms with van der Waals surface area (Å²) in [5, 5.41) is 17.5. The number of carboxylic acid groups (broad SMARTS) is 1. The maximum absolute atomic E-state index is 11.5. The van der Waals surface area contributed by atoms with Crippen LogP contribution in [0.1, 0.15) is 23.7 Å². The SMILES string of the molecule is CCn1ncc2c(NC3CCN(C(N)=O)C3)c(C(=O)O)cnc21. The number of hydrogen-bond acceptors (Lipinski definition) is 5. The molecule has 0 aromatic carbocycles. The zero-order chi connectivity index (χ0) is 16.6. The Morgan fingerprint density at radius 1 is 1.48 bits per heavy atom. The van der Waals surface area contributed by atoms with Gasteiger partial charge in [-0.25, -0.2) is 19.3 Å². The van der Waals surface area contributed by atoms with E-state index in [1.165, 1.54) is 11.1 Å². The Bertz CT molecular complexity index is 771. The van der Waals surface area contributed by atoms with Gasteiger partial charge in [0.05, 0.1) is 17.3 Å². The number of aromatic nitrogens is 3. The highest BCUT2D eigenvalue weighted by atomic mass is 16.4. The van der Waals surface area contributed by atoms with E-state index in [1.807, 2.05) is 6.92 Å². The van der Waals surface area contributed by atoms with Gasteiger partial charge in [0.25, 0.3) is 0 Å². The number of nitrogens with two attached hydrogens (primary N) is 1. The van der Waals surface area contributed by atoms with Crippen molar-refractivity contribution in [3.8, 4) is 0 Å². The van der Waals surface area contributed by atoms with Gasteiger partial charge in [-0.1, -0.05) is 0 Å².